The van der Waals surface area contributed by atoms with Gasteiger partial charge in [0.2, 0.25) is 0 Å². The maximum absolute atomic E-state index is 8.43. The van der Waals surface area contributed by atoms with Crippen molar-refractivity contribution < 1.29 is 0 Å². The van der Waals surface area contributed by atoms with Crippen molar-refractivity contribution in [1.82, 2.24) is 14.8 Å². The van der Waals surface area contributed by atoms with Gasteiger partial charge in [0.15, 0.2) is 0 Å². The molecule has 2 aromatic rings. The first-order chi connectivity index (χ1) is 6.40. The van der Waals surface area contributed by atoms with E-state index in [1.54, 1.807) is 29.3 Å². The van der Waals surface area contributed by atoms with Gasteiger partial charge >= 0.3 is 5.82 Å². The highest BCUT2D eigenvalue weighted by molar-refractivity contribution is 5.36. The summed E-state index contributed by atoms with van der Waals surface area (Å²) in [5, 5.41) is 12.4. The topological polar surface area (TPSA) is 58.9 Å². The lowest BCUT2D eigenvalue weighted by Gasteiger charge is -1.91. The molecular formula is C8H6N5+. The third kappa shape index (κ3) is 1.37. The summed E-state index contributed by atoms with van der Waals surface area (Å²) in [7, 11) is 0. The van der Waals surface area contributed by atoms with Crippen LogP contribution in [-0.2, 0) is 0 Å². The summed E-state index contributed by atoms with van der Waals surface area (Å²) < 4.78 is 1.59. The van der Waals surface area contributed by atoms with Crippen LogP contribution in [0, 0.1) is 5.39 Å². The number of nitrogens with zero attached hydrogens (tertiary/aromatic N) is 5. The molecule has 0 aliphatic carbocycles. The molecule has 0 saturated heterocycles. The number of diazo groups is 1. The number of rotatable bonds is 1. The molecule has 0 amide bonds. The molecule has 0 aliphatic heterocycles. The summed E-state index contributed by atoms with van der Waals surface area (Å²) in [5.74, 6) is 0.281. The van der Waals surface area contributed by atoms with Crippen molar-refractivity contribution in [1.29, 1.82) is 5.39 Å². The van der Waals surface area contributed by atoms with Gasteiger partial charge in [-0.25, -0.2) is 0 Å². The molecule has 0 aromatic carbocycles. The van der Waals surface area contributed by atoms with Gasteiger partial charge in [-0.15, -0.1) is 4.68 Å². The molecule has 0 bridgehead atoms. The van der Waals surface area contributed by atoms with Crippen LogP contribution in [0.5, 0.6) is 0 Å². The fraction of sp³-hybridized carbons (Fsp3) is 0. The maximum atomic E-state index is 8.43. The Morgan fingerprint density at radius 3 is 2.92 bits per heavy atom. The van der Waals surface area contributed by atoms with Crippen molar-refractivity contribution in [2.24, 2.45) is 0 Å². The lowest BCUT2D eigenvalue weighted by atomic mass is 10.4. The molecular weight excluding hydrogens is 166 g/mol. The Labute approximate surface area is 74.3 Å². The predicted octanol–water partition coefficient (Wildman–Crippen LogP) is 1.75. The highest BCUT2D eigenvalue weighted by Crippen LogP contribution is 2.10. The Bertz CT molecular complexity index is 439. The summed E-state index contributed by atoms with van der Waals surface area (Å²) in [4.78, 5) is 6.91. The normalized spacial score (nSPS) is 9.46. The Hall–Kier alpha value is -2.22. The first-order valence-corrected chi connectivity index (χ1v) is 3.71. The number of aromatic nitrogens is 3. The standard InChI is InChI=1S/C8H6N5/c9-11-8-3-5-13(12-8)7-2-1-4-10-6-7/h1-6H/q+1. The minimum atomic E-state index is 0.281. The summed E-state index contributed by atoms with van der Waals surface area (Å²) in [6.07, 6.45) is 5.06. The molecule has 2 rings (SSSR count). The molecule has 13 heavy (non-hydrogen) atoms. The second-order valence-corrected chi connectivity index (χ2v) is 2.43. The van der Waals surface area contributed by atoms with Crippen molar-refractivity contribution in [2.75, 3.05) is 0 Å². The highest BCUT2D eigenvalue weighted by atomic mass is 15.3. The van der Waals surface area contributed by atoms with Crippen LogP contribution in [0.2, 0.25) is 0 Å². The van der Waals surface area contributed by atoms with Gasteiger partial charge in [-0.05, 0) is 12.1 Å². The Kier molecular flexibility index (Phi) is 1.73. The lowest BCUT2D eigenvalue weighted by Crippen LogP contribution is -1.93. The van der Waals surface area contributed by atoms with Crippen molar-refractivity contribution in [3.63, 3.8) is 0 Å². The van der Waals surface area contributed by atoms with Gasteiger partial charge < -0.3 is 0 Å². The van der Waals surface area contributed by atoms with E-state index in [9.17, 15) is 0 Å². The minimum Gasteiger partial charge on any atom is -0.262 e. The average molecular weight is 172 g/mol. The zero-order valence-electron chi connectivity index (χ0n) is 6.70. The summed E-state index contributed by atoms with van der Waals surface area (Å²) >= 11 is 0. The van der Waals surface area contributed by atoms with Crippen molar-refractivity contribution >= 4 is 5.82 Å². The third-order valence-corrected chi connectivity index (χ3v) is 1.59. The molecule has 0 saturated carbocycles. The van der Waals surface area contributed by atoms with Gasteiger partial charge in [0.25, 0.3) is 0 Å². The molecule has 0 N–H and O–H groups in total. The molecule has 2 aromatic heterocycles. The van der Waals surface area contributed by atoms with Crippen LogP contribution in [0.15, 0.2) is 36.8 Å². The van der Waals surface area contributed by atoms with Gasteiger partial charge in [-0.3, -0.25) is 4.98 Å². The van der Waals surface area contributed by atoms with E-state index in [0.29, 0.717) is 0 Å². The predicted molar refractivity (Wildman–Crippen MR) is 46.1 cm³/mol. The second-order valence-electron chi connectivity index (χ2n) is 2.43. The molecule has 0 unspecified atom stereocenters. The molecule has 0 fully saturated rings. The highest BCUT2D eigenvalue weighted by Gasteiger charge is 2.10. The van der Waals surface area contributed by atoms with E-state index in [-0.39, 0.29) is 5.82 Å². The summed E-state index contributed by atoms with van der Waals surface area (Å²) in [6, 6.07) is 5.28. The van der Waals surface area contributed by atoms with E-state index in [1.165, 1.54) is 0 Å². The van der Waals surface area contributed by atoms with E-state index in [2.05, 4.69) is 15.1 Å². The SMILES string of the molecule is N#[N+]c1ccn(-c2cccnc2)n1. The van der Waals surface area contributed by atoms with E-state index < -0.39 is 0 Å². The van der Waals surface area contributed by atoms with Crippen molar-refractivity contribution in [3.8, 4) is 5.69 Å². The van der Waals surface area contributed by atoms with E-state index in [4.69, 9.17) is 5.39 Å². The van der Waals surface area contributed by atoms with Crippen LogP contribution in [0.1, 0.15) is 0 Å². The Morgan fingerprint density at radius 2 is 2.31 bits per heavy atom. The van der Waals surface area contributed by atoms with Gasteiger partial charge in [0.05, 0.1) is 29.0 Å². The molecule has 0 radical (unpaired) electrons. The lowest BCUT2D eigenvalue weighted by molar-refractivity contribution is 0.880. The van der Waals surface area contributed by atoms with E-state index in [0.717, 1.165) is 5.69 Å². The molecule has 0 spiro atoms. The quantitative estimate of drug-likeness (QED) is 0.615. The van der Waals surface area contributed by atoms with Crippen LogP contribution >= 0.6 is 0 Å². The van der Waals surface area contributed by atoms with E-state index in [1.807, 2.05) is 12.1 Å². The summed E-state index contributed by atoms with van der Waals surface area (Å²) in [5.41, 5.74) is 0.831. The van der Waals surface area contributed by atoms with Crippen LogP contribution in [0.25, 0.3) is 10.7 Å². The third-order valence-electron chi connectivity index (χ3n) is 1.59. The van der Waals surface area contributed by atoms with E-state index >= 15 is 0 Å². The van der Waals surface area contributed by atoms with Crippen LogP contribution in [0.4, 0.5) is 5.82 Å². The number of hydrogen-bond acceptors (Lipinski definition) is 3. The minimum absolute atomic E-state index is 0.281. The fourth-order valence-electron chi connectivity index (χ4n) is 1.00. The summed E-state index contributed by atoms with van der Waals surface area (Å²) in [6.45, 7) is 0. The zero-order chi connectivity index (χ0) is 9.10. The largest absolute Gasteiger partial charge is 0.488 e. The van der Waals surface area contributed by atoms with Gasteiger partial charge in [0, 0.05) is 11.2 Å². The molecule has 2 heterocycles. The molecule has 0 aliphatic rings. The zero-order valence-corrected chi connectivity index (χ0v) is 6.70. The average Bonchev–Trinajstić information content (AvgIpc) is 2.67. The van der Waals surface area contributed by atoms with Crippen LogP contribution < -0.4 is 0 Å². The Morgan fingerprint density at radius 1 is 1.38 bits per heavy atom. The molecule has 62 valence electrons. The fourth-order valence-corrected chi connectivity index (χ4v) is 1.00. The smallest absolute Gasteiger partial charge is 0.262 e. The van der Waals surface area contributed by atoms with Crippen molar-refractivity contribution in [3.05, 3.63) is 41.8 Å². The van der Waals surface area contributed by atoms with Crippen molar-refractivity contribution in [2.45, 2.75) is 0 Å². The van der Waals surface area contributed by atoms with Gasteiger partial charge in [-0.2, -0.15) is 0 Å². The number of hydrogen-bond donors (Lipinski definition) is 0. The van der Waals surface area contributed by atoms with Gasteiger partial charge in [0.1, 0.15) is 5.69 Å². The Balaban J connectivity index is 2.43. The van der Waals surface area contributed by atoms with Crippen LogP contribution in [0.3, 0.4) is 0 Å². The molecule has 5 nitrogen and oxygen atoms in total. The first kappa shape index (κ1) is 7.43. The second kappa shape index (κ2) is 3.03. The maximum Gasteiger partial charge on any atom is 0.488 e. The molecule has 0 atom stereocenters. The first-order valence-electron chi connectivity index (χ1n) is 3.71. The monoisotopic (exact) mass is 172 g/mol. The van der Waals surface area contributed by atoms with Gasteiger partial charge in [-0.1, -0.05) is 0 Å². The number of pyridine rings is 1. The molecule has 5 heteroatoms. The van der Waals surface area contributed by atoms with Crippen LogP contribution in [-0.4, -0.2) is 14.8 Å².